The maximum atomic E-state index is 11.7. The summed E-state index contributed by atoms with van der Waals surface area (Å²) in [7, 11) is 0. The second-order valence-electron chi connectivity index (χ2n) is 6.39. The van der Waals surface area contributed by atoms with Gasteiger partial charge in [0.15, 0.2) is 0 Å². The van der Waals surface area contributed by atoms with Gasteiger partial charge in [-0.3, -0.25) is 0 Å². The number of carbonyl (C=O) groups excluding carboxylic acids is 1. The van der Waals surface area contributed by atoms with Crippen LogP contribution >= 0.6 is 0 Å². The van der Waals surface area contributed by atoms with Crippen LogP contribution in [-0.2, 0) is 4.79 Å². The molecule has 0 bridgehead atoms. The van der Waals surface area contributed by atoms with Crippen LogP contribution in [0.15, 0.2) is 0 Å². The van der Waals surface area contributed by atoms with E-state index >= 15 is 0 Å². The van der Waals surface area contributed by atoms with Crippen molar-refractivity contribution < 1.29 is 14.7 Å². The zero-order valence-corrected chi connectivity index (χ0v) is 12.8. The molecule has 0 aliphatic heterocycles. The fraction of sp³-hybridized carbons (Fsp3) is 0.867. The van der Waals surface area contributed by atoms with Gasteiger partial charge in [-0.15, -0.1) is 0 Å². The summed E-state index contributed by atoms with van der Waals surface area (Å²) in [6.45, 7) is 6.46. The number of aliphatic carboxylic acids is 1. The van der Waals surface area contributed by atoms with Crippen molar-refractivity contribution in [3.05, 3.63) is 0 Å². The molecule has 1 fully saturated rings. The van der Waals surface area contributed by atoms with Crippen LogP contribution in [0.5, 0.6) is 0 Å². The highest BCUT2D eigenvalue weighted by molar-refractivity contribution is 5.82. The first-order valence-corrected chi connectivity index (χ1v) is 7.67. The molecule has 1 saturated carbocycles. The Kier molecular flexibility index (Phi) is 6.82. The number of nitrogens with one attached hydrogen (secondary N) is 2. The van der Waals surface area contributed by atoms with Crippen molar-refractivity contribution in [1.82, 2.24) is 10.6 Å². The van der Waals surface area contributed by atoms with Gasteiger partial charge in [0.25, 0.3) is 0 Å². The molecule has 0 aromatic rings. The quantitative estimate of drug-likeness (QED) is 0.701. The van der Waals surface area contributed by atoms with Gasteiger partial charge >= 0.3 is 12.0 Å². The van der Waals surface area contributed by atoms with Gasteiger partial charge in [-0.05, 0) is 30.6 Å². The minimum Gasteiger partial charge on any atom is -0.480 e. The average Bonchev–Trinajstić information content (AvgIpc) is 2.35. The number of carboxylic acids is 1. The summed E-state index contributed by atoms with van der Waals surface area (Å²) < 4.78 is 0. The largest absolute Gasteiger partial charge is 0.480 e. The maximum Gasteiger partial charge on any atom is 0.326 e. The van der Waals surface area contributed by atoms with Crippen molar-refractivity contribution in [3.8, 4) is 0 Å². The molecule has 0 saturated heterocycles. The molecule has 0 radical (unpaired) electrons. The Morgan fingerprint density at radius 3 is 2.55 bits per heavy atom. The Bertz CT molecular complexity index is 331. The number of carboxylic acid groups (broad SMARTS) is 1. The Morgan fingerprint density at radius 2 is 2.00 bits per heavy atom. The molecule has 0 spiro atoms. The Morgan fingerprint density at radius 1 is 1.30 bits per heavy atom. The van der Waals surface area contributed by atoms with E-state index in [0.29, 0.717) is 12.5 Å². The van der Waals surface area contributed by atoms with Crippen LogP contribution in [0.3, 0.4) is 0 Å². The highest BCUT2D eigenvalue weighted by Gasteiger charge is 2.23. The van der Waals surface area contributed by atoms with Crippen molar-refractivity contribution >= 4 is 12.0 Å². The maximum absolute atomic E-state index is 11.7. The normalized spacial score (nSPS) is 24.2. The molecule has 2 unspecified atom stereocenters. The lowest BCUT2D eigenvalue weighted by molar-refractivity contribution is -0.140. The molecule has 5 heteroatoms. The second-order valence-corrected chi connectivity index (χ2v) is 6.39. The Hall–Kier alpha value is -1.26. The molecule has 1 aliphatic carbocycles. The zero-order chi connectivity index (χ0) is 15.1. The number of hydrogen-bond acceptors (Lipinski definition) is 2. The zero-order valence-electron chi connectivity index (χ0n) is 12.8. The van der Waals surface area contributed by atoms with Crippen LogP contribution in [0.25, 0.3) is 0 Å². The molecule has 2 amide bonds. The molecular weight excluding hydrogens is 256 g/mol. The van der Waals surface area contributed by atoms with Crippen molar-refractivity contribution in [2.24, 2.45) is 17.8 Å². The number of carbonyl (C=O) groups is 2. The predicted molar refractivity (Wildman–Crippen MR) is 78.5 cm³/mol. The van der Waals surface area contributed by atoms with Gasteiger partial charge in [0.2, 0.25) is 0 Å². The fourth-order valence-electron chi connectivity index (χ4n) is 2.92. The Labute approximate surface area is 121 Å². The molecule has 3 N–H and O–H groups in total. The van der Waals surface area contributed by atoms with E-state index < -0.39 is 12.0 Å². The third kappa shape index (κ3) is 5.80. The molecule has 0 aromatic heterocycles. The average molecular weight is 284 g/mol. The summed E-state index contributed by atoms with van der Waals surface area (Å²) >= 11 is 0. The van der Waals surface area contributed by atoms with Gasteiger partial charge in [-0.2, -0.15) is 0 Å². The van der Waals surface area contributed by atoms with Crippen molar-refractivity contribution in [1.29, 1.82) is 0 Å². The van der Waals surface area contributed by atoms with Gasteiger partial charge in [0.05, 0.1) is 0 Å². The molecule has 116 valence electrons. The lowest BCUT2D eigenvalue weighted by atomic mass is 9.81. The molecule has 20 heavy (non-hydrogen) atoms. The molecule has 0 heterocycles. The number of amides is 2. The lowest BCUT2D eigenvalue weighted by Crippen LogP contribution is -2.48. The second kappa shape index (κ2) is 8.12. The lowest BCUT2D eigenvalue weighted by Gasteiger charge is -2.26. The SMILES string of the molecule is CC1CCCC(CCNC(=O)N[C@@H](C(=O)O)C(C)C)C1. The van der Waals surface area contributed by atoms with Crippen molar-refractivity contribution in [2.45, 2.75) is 58.9 Å². The van der Waals surface area contributed by atoms with E-state index in [1.807, 2.05) is 0 Å². The molecule has 0 aromatic carbocycles. The van der Waals surface area contributed by atoms with Crippen LogP contribution in [-0.4, -0.2) is 29.7 Å². The van der Waals surface area contributed by atoms with Crippen LogP contribution < -0.4 is 10.6 Å². The van der Waals surface area contributed by atoms with E-state index in [9.17, 15) is 9.59 Å². The van der Waals surface area contributed by atoms with Crippen LogP contribution in [0.4, 0.5) is 4.79 Å². The van der Waals surface area contributed by atoms with Gasteiger partial charge in [-0.1, -0.05) is 40.0 Å². The smallest absolute Gasteiger partial charge is 0.326 e. The van der Waals surface area contributed by atoms with Gasteiger partial charge in [0, 0.05) is 6.54 Å². The summed E-state index contributed by atoms with van der Waals surface area (Å²) in [5.41, 5.74) is 0. The van der Waals surface area contributed by atoms with Crippen LogP contribution in [0, 0.1) is 17.8 Å². The van der Waals surface area contributed by atoms with E-state index in [0.717, 1.165) is 12.3 Å². The van der Waals surface area contributed by atoms with E-state index in [1.165, 1.54) is 25.7 Å². The van der Waals surface area contributed by atoms with Crippen molar-refractivity contribution in [3.63, 3.8) is 0 Å². The minimum atomic E-state index is -0.990. The standard InChI is InChI=1S/C15H28N2O3/c1-10(2)13(14(18)19)17-15(20)16-8-7-12-6-4-5-11(3)9-12/h10-13H,4-9H2,1-3H3,(H,18,19)(H2,16,17,20)/t11?,12?,13-/m1/s1. The summed E-state index contributed by atoms with van der Waals surface area (Å²) in [6, 6.07) is -1.21. The fourth-order valence-corrected chi connectivity index (χ4v) is 2.92. The van der Waals surface area contributed by atoms with Gasteiger partial charge < -0.3 is 15.7 Å². The van der Waals surface area contributed by atoms with Crippen LogP contribution in [0.2, 0.25) is 0 Å². The number of hydrogen-bond donors (Lipinski definition) is 3. The molecule has 3 atom stereocenters. The molecular formula is C15H28N2O3. The van der Waals surface area contributed by atoms with Crippen LogP contribution in [0.1, 0.15) is 52.9 Å². The highest BCUT2D eigenvalue weighted by Crippen LogP contribution is 2.30. The third-order valence-corrected chi connectivity index (χ3v) is 4.10. The first kappa shape index (κ1) is 16.8. The van der Waals surface area contributed by atoms with Crippen molar-refractivity contribution in [2.75, 3.05) is 6.54 Å². The topological polar surface area (TPSA) is 78.4 Å². The number of urea groups is 1. The van der Waals surface area contributed by atoms with E-state index in [4.69, 9.17) is 5.11 Å². The van der Waals surface area contributed by atoms with E-state index in [1.54, 1.807) is 13.8 Å². The summed E-state index contributed by atoms with van der Waals surface area (Å²) in [5.74, 6) is 0.369. The highest BCUT2D eigenvalue weighted by atomic mass is 16.4. The first-order valence-electron chi connectivity index (χ1n) is 7.67. The molecule has 1 aliphatic rings. The predicted octanol–water partition coefficient (Wildman–Crippen LogP) is 2.61. The summed E-state index contributed by atoms with van der Waals surface area (Å²) in [5, 5.41) is 14.3. The monoisotopic (exact) mass is 284 g/mol. The molecule has 1 rings (SSSR count). The van der Waals surface area contributed by atoms with Gasteiger partial charge in [0.1, 0.15) is 6.04 Å². The third-order valence-electron chi connectivity index (χ3n) is 4.10. The Balaban J connectivity index is 2.24. The van der Waals surface area contributed by atoms with E-state index in [-0.39, 0.29) is 11.9 Å². The van der Waals surface area contributed by atoms with E-state index in [2.05, 4.69) is 17.6 Å². The van der Waals surface area contributed by atoms with Gasteiger partial charge in [-0.25, -0.2) is 9.59 Å². The molecule has 5 nitrogen and oxygen atoms in total. The minimum absolute atomic E-state index is 0.127. The number of rotatable bonds is 6. The summed E-state index contributed by atoms with van der Waals surface area (Å²) in [4.78, 5) is 22.7. The first-order chi connectivity index (χ1) is 9.40. The summed E-state index contributed by atoms with van der Waals surface area (Å²) in [6.07, 6.45) is 6.08.